The lowest BCUT2D eigenvalue weighted by atomic mass is 9.75. The molecule has 5 heteroatoms. The minimum atomic E-state index is -2.64. The van der Waals surface area contributed by atoms with E-state index < -0.39 is 11.5 Å². The Balaban J connectivity index is 2.29. The van der Waals surface area contributed by atoms with E-state index in [2.05, 4.69) is 0 Å². The van der Waals surface area contributed by atoms with E-state index in [-0.39, 0.29) is 31.4 Å². The zero-order valence-electron chi connectivity index (χ0n) is 11.0. The van der Waals surface area contributed by atoms with E-state index in [0.717, 1.165) is 0 Å². The molecule has 0 aromatic heterocycles. The molecule has 1 aliphatic rings. The molecule has 0 heterocycles. The molecule has 1 aromatic rings. The van der Waals surface area contributed by atoms with Crippen LogP contribution in [-0.4, -0.2) is 17.6 Å². The topological polar surface area (TPSA) is 55.5 Å². The summed E-state index contributed by atoms with van der Waals surface area (Å²) in [6, 6.07) is 5.05. The van der Waals surface area contributed by atoms with Crippen LogP contribution in [0.4, 0.5) is 8.78 Å². The third-order valence-corrected chi connectivity index (χ3v) is 3.71. The van der Waals surface area contributed by atoms with E-state index in [1.54, 1.807) is 18.2 Å². The van der Waals surface area contributed by atoms with Crippen LogP contribution < -0.4 is 10.5 Å². The standard InChI is InChI=1S/C14H19F2NO2/c1-2-19-11-5-3-4-10(12(11)18)13(17)6-8-14(15,16)9-7-13/h3-5,18H,2,6-9,17H2,1H3. The summed E-state index contributed by atoms with van der Waals surface area (Å²) in [5.41, 5.74) is 5.81. The van der Waals surface area contributed by atoms with Gasteiger partial charge in [-0.05, 0) is 25.8 Å². The second-order valence-corrected chi connectivity index (χ2v) is 5.10. The predicted octanol–water partition coefficient (Wildman–Crippen LogP) is 3.15. The number of nitrogens with two attached hydrogens (primary N) is 1. The van der Waals surface area contributed by atoms with Crippen LogP contribution in [0.2, 0.25) is 0 Å². The van der Waals surface area contributed by atoms with E-state index >= 15 is 0 Å². The maximum absolute atomic E-state index is 13.2. The average molecular weight is 271 g/mol. The van der Waals surface area contributed by atoms with E-state index in [1.165, 1.54) is 0 Å². The van der Waals surface area contributed by atoms with Gasteiger partial charge < -0.3 is 15.6 Å². The smallest absolute Gasteiger partial charge is 0.248 e. The van der Waals surface area contributed by atoms with Crippen LogP contribution in [0.15, 0.2) is 18.2 Å². The van der Waals surface area contributed by atoms with Crippen molar-refractivity contribution in [3.63, 3.8) is 0 Å². The molecular weight excluding hydrogens is 252 g/mol. The Morgan fingerprint density at radius 2 is 1.89 bits per heavy atom. The van der Waals surface area contributed by atoms with E-state index in [1.807, 2.05) is 6.92 Å². The summed E-state index contributed by atoms with van der Waals surface area (Å²) in [6.45, 7) is 2.23. The van der Waals surface area contributed by atoms with Crippen LogP contribution in [0.3, 0.4) is 0 Å². The fraction of sp³-hybridized carbons (Fsp3) is 0.571. The Labute approximate surface area is 111 Å². The molecule has 0 saturated heterocycles. The number of rotatable bonds is 3. The highest BCUT2D eigenvalue weighted by atomic mass is 19.3. The Kier molecular flexibility index (Phi) is 3.67. The molecule has 0 amide bonds. The van der Waals surface area contributed by atoms with Crippen LogP contribution in [-0.2, 0) is 5.54 Å². The normalized spacial score (nSPS) is 21.1. The number of para-hydroxylation sites is 1. The molecule has 1 saturated carbocycles. The zero-order chi connectivity index (χ0) is 14.1. The minimum absolute atomic E-state index is 0.0305. The molecule has 2 rings (SSSR count). The van der Waals surface area contributed by atoms with Crippen molar-refractivity contribution in [2.75, 3.05) is 6.61 Å². The zero-order valence-corrected chi connectivity index (χ0v) is 11.0. The summed E-state index contributed by atoms with van der Waals surface area (Å²) in [6.07, 6.45) is -0.185. The van der Waals surface area contributed by atoms with Gasteiger partial charge >= 0.3 is 0 Å². The van der Waals surface area contributed by atoms with Gasteiger partial charge in [-0.25, -0.2) is 8.78 Å². The van der Waals surface area contributed by atoms with Gasteiger partial charge in [-0.1, -0.05) is 12.1 Å². The number of benzene rings is 1. The minimum Gasteiger partial charge on any atom is -0.504 e. The summed E-state index contributed by atoms with van der Waals surface area (Å²) in [5, 5.41) is 10.2. The molecule has 3 N–H and O–H groups in total. The molecule has 19 heavy (non-hydrogen) atoms. The van der Waals surface area contributed by atoms with Gasteiger partial charge in [0.05, 0.1) is 6.61 Å². The third-order valence-electron chi connectivity index (χ3n) is 3.71. The van der Waals surface area contributed by atoms with Gasteiger partial charge in [-0.3, -0.25) is 0 Å². The molecule has 0 unspecified atom stereocenters. The first-order valence-corrected chi connectivity index (χ1v) is 6.50. The fourth-order valence-electron chi connectivity index (χ4n) is 2.53. The summed E-state index contributed by atoms with van der Waals surface area (Å²) in [4.78, 5) is 0. The molecule has 1 aromatic carbocycles. The van der Waals surface area contributed by atoms with E-state index in [9.17, 15) is 13.9 Å². The monoisotopic (exact) mass is 271 g/mol. The maximum Gasteiger partial charge on any atom is 0.248 e. The summed E-state index contributed by atoms with van der Waals surface area (Å²) in [5.74, 6) is -2.32. The first-order chi connectivity index (χ1) is 8.88. The highest BCUT2D eigenvalue weighted by molar-refractivity contribution is 5.49. The highest BCUT2D eigenvalue weighted by Gasteiger charge is 2.43. The van der Waals surface area contributed by atoms with E-state index in [4.69, 9.17) is 10.5 Å². The highest BCUT2D eigenvalue weighted by Crippen LogP contribution is 2.46. The largest absolute Gasteiger partial charge is 0.504 e. The number of phenols is 1. The second-order valence-electron chi connectivity index (χ2n) is 5.10. The number of hydrogen-bond acceptors (Lipinski definition) is 3. The van der Waals surface area contributed by atoms with Crippen LogP contribution in [0.1, 0.15) is 38.2 Å². The lowest BCUT2D eigenvalue weighted by Gasteiger charge is -2.37. The quantitative estimate of drug-likeness (QED) is 0.888. The average Bonchev–Trinajstić information content (AvgIpc) is 2.36. The van der Waals surface area contributed by atoms with Crippen molar-refractivity contribution in [3.05, 3.63) is 23.8 Å². The first-order valence-electron chi connectivity index (χ1n) is 6.50. The SMILES string of the molecule is CCOc1cccc(C2(N)CCC(F)(F)CC2)c1O. The molecule has 0 spiro atoms. The van der Waals surface area contributed by atoms with Crippen molar-refractivity contribution < 1.29 is 18.6 Å². The van der Waals surface area contributed by atoms with Gasteiger partial charge in [0.2, 0.25) is 5.92 Å². The van der Waals surface area contributed by atoms with Crippen LogP contribution >= 0.6 is 0 Å². The van der Waals surface area contributed by atoms with Gasteiger partial charge in [-0.2, -0.15) is 0 Å². The van der Waals surface area contributed by atoms with Crippen LogP contribution in [0.5, 0.6) is 11.5 Å². The Morgan fingerprint density at radius 3 is 2.47 bits per heavy atom. The third kappa shape index (κ3) is 2.81. The number of aromatic hydroxyl groups is 1. The number of ether oxygens (including phenoxy) is 1. The van der Waals surface area contributed by atoms with Crippen molar-refractivity contribution >= 4 is 0 Å². The van der Waals surface area contributed by atoms with Crippen LogP contribution in [0.25, 0.3) is 0 Å². The summed E-state index contributed by atoms with van der Waals surface area (Å²) >= 11 is 0. The predicted molar refractivity (Wildman–Crippen MR) is 68.6 cm³/mol. The Bertz CT molecular complexity index is 453. The number of alkyl halides is 2. The molecule has 0 aliphatic heterocycles. The summed E-state index contributed by atoms with van der Waals surface area (Å²) < 4.78 is 31.7. The van der Waals surface area contributed by atoms with E-state index in [0.29, 0.717) is 17.9 Å². The van der Waals surface area contributed by atoms with Crippen molar-refractivity contribution in [2.24, 2.45) is 5.73 Å². The van der Waals surface area contributed by atoms with Gasteiger partial charge in [0.15, 0.2) is 11.5 Å². The molecule has 0 bridgehead atoms. The molecule has 0 atom stereocenters. The van der Waals surface area contributed by atoms with Crippen molar-refractivity contribution in [1.29, 1.82) is 0 Å². The fourth-order valence-corrected chi connectivity index (χ4v) is 2.53. The van der Waals surface area contributed by atoms with Crippen molar-refractivity contribution in [1.82, 2.24) is 0 Å². The van der Waals surface area contributed by atoms with Crippen LogP contribution in [0, 0.1) is 0 Å². The molecule has 0 radical (unpaired) electrons. The van der Waals surface area contributed by atoms with Gasteiger partial charge in [0.1, 0.15) is 0 Å². The Hall–Kier alpha value is -1.36. The Morgan fingerprint density at radius 1 is 1.26 bits per heavy atom. The number of hydrogen-bond donors (Lipinski definition) is 2. The summed E-state index contributed by atoms with van der Waals surface area (Å²) in [7, 11) is 0. The maximum atomic E-state index is 13.2. The lowest BCUT2D eigenvalue weighted by molar-refractivity contribution is -0.0516. The second kappa shape index (κ2) is 4.96. The van der Waals surface area contributed by atoms with Gasteiger partial charge in [0, 0.05) is 23.9 Å². The first kappa shape index (κ1) is 14.1. The molecule has 3 nitrogen and oxygen atoms in total. The number of phenolic OH excluding ortho intramolecular Hbond substituents is 1. The molecular formula is C14H19F2NO2. The van der Waals surface area contributed by atoms with Gasteiger partial charge in [-0.15, -0.1) is 0 Å². The van der Waals surface area contributed by atoms with Crippen molar-refractivity contribution in [3.8, 4) is 11.5 Å². The van der Waals surface area contributed by atoms with Gasteiger partial charge in [0.25, 0.3) is 0 Å². The van der Waals surface area contributed by atoms with Crippen molar-refractivity contribution in [2.45, 2.75) is 44.1 Å². The molecule has 1 fully saturated rings. The lowest BCUT2D eigenvalue weighted by Crippen LogP contribution is -2.43. The number of halogens is 2. The molecule has 106 valence electrons. The molecule has 1 aliphatic carbocycles.